The minimum absolute atomic E-state index is 0.0404. The van der Waals surface area contributed by atoms with Gasteiger partial charge in [-0.3, -0.25) is 9.52 Å². The van der Waals surface area contributed by atoms with Crippen LogP contribution in [0.1, 0.15) is 40.5 Å². The third kappa shape index (κ3) is 5.84. The van der Waals surface area contributed by atoms with Gasteiger partial charge in [-0.15, -0.1) is 11.8 Å². The van der Waals surface area contributed by atoms with E-state index in [1.54, 1.807) is 11.0 Å². The van der Waals surface area contributed by atoms with Crippen molar-refractivity contribution in [2.75, 3.05) is 45.4 Å². The summed E-state index contributed by atoms with van der Waals surface area (Å²) < 4.78 is 44.4. The quantitative estimate of drug-likeness (QED) is 0.411. The summed E-state index contributed by atoms with van der Waals surface area (Å²) in [5.41, 5.74) is 0.241. The van der Waals surface area contributed by atoms with Gasteiger partial charge < -0.3 is 19.1 Å². The number of piperidine rings is 1. The fraction of sp³-hybridized carbons (Fsp3) is 0.417. The molecule has 0 atom stereocenters. The van der Waals surface area contributed by atoms with Crippen LogP contribution in [0.25, 0.3) is 0 Å². The van der Waals surface area contributed by atoms with E-state index in [9.17, 15) is 18.0 Å². The van der Waals surface area contributed by atoms with Crippen LogP contribution in [0.2, 0.25) is 0 Å². The minimum atomic E-state index is -4.18. The SMILES string of the molecule is COC(=O)c1cc(OC)c(OC)cc1NS(=O)(=O)c1ccc(SC)c(C(=O)N2CCC(C)CC2)c1. The van der Waals surface area contributed by atoms with E-state index in [-0.39, 0.29) is 33.6 Å². The second-order valence-electron chi connectivity index (χ2n) is 8.19. The molecule has 1 heterocycles. The Balaban J connectivity index is 2.01. The predicted molar refractivity (Wildman–Crippen MR) is 134 cm³/mol. The van der Waals surface area contributed by atoms with Gasteiger partial charge in [0.15, 0.2) is 11.5 Å². The number of nitrogens with one attached hydrogen (secondary N) is 1. The molecule has 1 amide bonds. The summed E-state index contributed by atoms with van der Waals surface area (Å²) in [5.74, 6) is 0.0754. The number of rotatable bonds is 8. The molecule has 0 spiro atoms. The fourth-order valence-electron chi connectivity index (χ4n) is 3.85. The number of thioether (sulfide) groups is 1. The Hall–Kier alpha value is -2.92. The van der Waals surface area contributed by atoms with Crippen LogP contribution in [0.5, 0.6) is 11.5 Å². The van der Waals surface area contributed by atoms with Crippen LogP contribution in [0.3, 0.4) is 0 Å². The van der Waals surface area contributed by atoms with Crippen LogP contribution in [0.4, 0.5) is 5.69 Å². The molecule has 1 N–H and O–H groups in total. The lowest BCUT2D eigenvalue weighted by atomic mass is 9.98. The maximum absolute atomic E-state index is 13.3. The van der Waals surface area contributed by atoms with Crippen molar-refractivity contribution in [1.29, 1.82) is 0 Å². The maximum Gasteiger partial charge on any atom is 0.340 e. The van der Waals surface area contributed by atoms with E-state index in [0.29, 0.717) is 29.5 Å². The summed E-state index contributed by atoms with van der Waals surface area (Å²) >= 11 is 1.38. The van der Waals surface area contributed by atoms with E-state index in [0.717, 1.165) is 12.8 Å². The largest absolute Gasteiger partial charge is 0.493 e. The summed E-state index contributed by atoms with van der Waals surface area (Å²) in [6.45, 7) is 3.43. The Morgan fingerprint density at radius 2 is 1.63 bits per heavy atom. The number of amides is 1. The lowest BCUT2D eigenvalue weighted by Crippen LogP contribution is -2.38. The summed E-state index contributed by atoms with van der Waals surface area (Å²) in [6, 6.07) is 7.12. The van der Waals surface area contributed by atoms with Crippen molar-refractivity contribution in [3.63, 3.8) is 0 Å². The highest BCUT2D eigenvalue weighted by molar-refractivity contribution is 7.98. The van der Waals surface area contributed by atoms with Crippen LogP contribution >= 0.6 is 11.8 Å². The Labute approximate surface area is 210 Å². The Morgan fingerprint density at radius 1 is 1.00 bits per heavy atom. The van der Waals surface area contributed by atoms with Gasteiger partial charge in [-0.05, 0) is 43.2 Å². The zero-order valence-corrected chi connectivity index (χ0v) is 22.0. The van der Waals surface area contributed by atoms with Gasteiger partial charge in [-0.1, -0.05) is 6.92 Å². The molecule has 0 radical (unpaired) electrons. The molecule has 0 aromatic heterocycles. The molecule has 3 rings (SSSR count). The van der Waals surface area contributed by atoms with Gasteiger partial charge >= 0.3 is 5.97 Å². The number of anilines is 1. The number of benzene rings is 2. The lowest BCUT2D eigenvalue weighted by molar-refractivity contribution is 0.0600. The lowest BCUT2D eigenvalue weighted by Gasteiger charge is -2.30. The van der Waals surface area contributed by atoms with Crippen molar-refractivity contribution < 1.29 is 32.2 Å². The van der Waals surface area contributed by atoms with E-state index in [4.69, 9.17) is 14.2 Å². The molecule has 2 aromatic carbocycles. The number of esters is 1. The van der Waals surface area contributed by atoms with Crippen molar-refractivity contribution in [1.82, 2.24) is 4.90 Å². The molecule has 11 heteroatoms. The molecule has 1 saturated heterocycles. The zero-order chi connectivity index (χ0) is 25.8. The van der Waals surface area contributed by atoms with Crippen LogP contribution in [0, 0.1) is 5.92 Å². The average Bonchev–Trinajstić information content (AvgIpc) is 2.87. The topological polar surface area (TPSA) is 111 Å². The molecule has 0 aliphatic carbocycles. The number of likely N-dealkylation sites (tertiary alicyclic amines) is 1. The van der Waals surface area contributed by atoms with Gasteiger partial charge in [0.05, 0.1) is 43.0 Å². The fourth-order valence-corrected chi connectivity index (χ4v) is 5.52. The van der Waals surface area contributed by atoms with Gasteiger partial charge in [-0.25, -0.2) is 13.2 Å². The van der Waals surface area contributed by atoms with Crippen LogP contribution in [-0.4, -0.2) is 65.9 Å². The monoisotopic (exact) mass is 522 g/mol. The molecule has 190 valence electrons. The second kappa shape index (κ2) is 11.2. The molecular formula is C24H30N2O7S2. The summed E-state index contributed by atoms with van der Waals surface area (Å²) in [6.07, 6.45) is 3.66. The Kier molecular flexibility index (Phi) is 8.55. The highest BCUT2D eigenvalue weighted by Gasteiger charge is 2.27. The Morgan fingerprint density at radius 3 is 2.20 bits per heavy atom. The molecule has 2 aromatic rings. The first kappa shape index (κ1) is 26.7. The van der Waals surface area contributed by atoms with E-state index in [1.807, 2.05) is 6.26 Å². The number of carbonyl (C=O) groups is 2. The molecule has 1 aliphatic rings. The highest BCUT2D eigenvalue weighted by Crippen LogP contribution is 2.35. The van der Waals surface area contributed by atoms with E-state index in [1.165, 1.54) is 57.4 Å². The molecule has 0 saturated carbocycles. The zero-order valence-electron chi connectivity index (χ0n) is 20.4. The van der Waals surface area contributed by atoms with Gasteiger partial charge in [0.2, 0.25) is 0 Å². The van der Waals surface area contributed by atoms with Gasteiger partial charge in [0.1, 0.15) is 0 Å². The van der Waals surface area contributed by atoms with Crippen LogP contribution in [0.15, 0.2) is 40.1 Å². The van der Waals surface area contributed by atoms with Crippen molar-refractivity contribution in [2.24, 2.45) is 5.92 Å². The first-order valence-electron chi connectivity index (χ1n) is 11.0. The summed E-state index contributed by atoms with van der Waals surface area (Å²) in [4.78, 5) is 28.0. The highest BCUT2D eigenvalue weighted by atomic mass is 32.2. The number of hydrogen-bond acceptors (Lipinski definition) is 8. The van der Waals surface area contributed by atoms with Gasteiger partial charge in [0.25, 0.3) is 15.9 Å². The molecule has 35 heavy (non-hydrogen) atoms. The standard InChI is InChI=1S/C24H30N2O7S2/c1-15-8-10-26(11-9-15)23(27)18-12-16(6-7-22(18)34-5)35(29,30)25-19-14-21(32-3)20(31-2)13-17(19)24(28)33-4/h6-7,12-15,25H,8-11H2,1-5H3. The minimum Gasteiger partial charge on any atom is -0.493 e. The first-order valence-corrected chi connectivity index (χ1v) is 13.7. The third-order valence-corrected chi connectivity index (χ3v) is 8.11. The third-order valence-electron chi connectivity index (χ3n) is 5.96. The van der Waals surface area contributed by atoms with Crippen molar-refractivity contribution in [3.05, 3.63) is 41.5 Å². The number of hydrogen-bond donors (Lipinski definition) is 1. The predicted octanol–water partition coefficient (Wildman–Crippen LogP) is 3.89. The molecule has 9 nitrogen and oxygen atoms in total. The maximum atomic E-state index is 13.3. The number of ether oxygens (including phenoxy) is 3. The number of nitrogens with zero attached hydrogens (tertiary/aromatic N) is 1. The van der Waals surface area contributed by atoms with Crippen LogP contribution in [-0.2, 0) is 14.8 Å². The molecule has 0 bridgehead atoms. The normalized spacial score (nSPS) is 14.4. The molecular weight excluding hydrogens is 492 g/mol. The van der Waals surface area contributed by atoms with E-state index in [2.05, 4.69) is 11.6 Å². The number of carbonyl (C=O) groups excluding carboxylic acids is 2. The van der Waals surface area contributed by atoms with Gasteiger partial charge in [-0.2, -0.15) is 0 Å². The van der Waals surface area contributed by atoms with Crippen molar-refractivity contribution in [3.8, 4) is 11.5 Å². The summed E-state index contributed by atoms with van der Waals surface area (Å²) in [7, 11) is -0.187. The van der Waals surface area contributed by atoms with Crippen molar-refractivity contribution in [2.45, 2.75) is 29.6 Å². The van der Waals surface area contributed by atoms with E-state index < -0.39 is 16.0 Å². The first-order chi connectivity index (χ1) is 16.6. The van der Waals surface area contributed by atoms with Crippen molar-refractivity contribution >= 4 is 39.3 Å². The summed E-state index contributed by atoms with van der Waals surface area (Å²) in [5, 5.41) is 0. The average molecular weight is 523 g/mol. The van der Waals surface area contributed by atoms with E-state index >= 15 is 0 Å². The molecule has 0 unspecified atom stereocenters. The molecule has 1 fully saturated rings. The number of sulfonamides is 1. The second-order valence-corrected chi connectivity index (χ2v) is 10.7. The van der Waals surface area contributed by atoms with Crippen LogP contribution < -0.4 is 14.2 Å². The smallest absolute Gasteiger partial charge is 0.340 e. The Bertz CT molecular complexity index is 1210. The number of methoxy groups -OCH3 is 3. The molecule has 1 aliphatic heterocycles. The van der Waals surface area contributed by atoms with Gasteiger partial charge in [0, 0.05) is 30.1 Å².